The minimum Gasteiger partial charge on any atom is -0.267 e. The largest absolute Gasteiger partial charge is 0.423 e. The minimum atomic E-state index is -4.99. The Kier molecular flexibility index (Phi) is 3.98. The normalized spacial score (nSPS) is 12.2. The molecule has 1 aromatic heterocycles. The first-order chi connectivity index (χ1) is 8.57. The molecule has 0 saturated heterocycles. The molecule has 0 aliphatic heterocycles. The van der Waals surface area contributed by atoms with Gasteiger partial charge in [-0.2, -0.15) is 13.2 Å². The average molecular weight is 299 g/mol. The molecule has 0 spiro atoms. The van der Waals surface area contributed by atoms with E-state index in [1.807, 2.05) is 0 Å². The Labute approximate surface area is 105 Å². The van der Waals surface area contributed by atoms with Crippen LogP contribution in [0.5, 0.6) is 0 Å². The quantitative estimate of drug-likeness (QED) is 0.674. The van der Waals surface area contributed by atoms with Crippen LogP contribution >= 0.6 is 0 Å². The summed E-state index contributed by atoms with van der Waals surface area (Å²) in [5.41, 5.74) is -2.81. The van der Waals surface area contributed by atoms with Crippen molar-refractivity contribution in [1.29, 1.82) is 0 Å². The molecule has 0 radical (unpaired) electrons. The summed E-state index contributed by atoms with van der Waals surface area (Å²) in [5, 5.41) is 10.4. The summed E-state index contributed by atoms with van der Waals surface area (Å²) in [7, 11) is -3.82. The Bertz CT molecular complexity index is 600. The highest BCUT2D eigenvalue weighted by atomic mass is 32.2. The van der Waals surface area contributed by atoms with Gasteiger partial charge in [-0.05, 0) is 6.92 Å². The lowest BCUT2D eigenvalue weighted by molar-refractivity contribution is -0.388. The highest BCUT2D eigenvalue weighted by molar-refractivity contribution is 7.92. The predicted octanol–water partition coefficient (Wildman–Crippen LogP) is 1.77. The lowest BCUT2D eigenvalue weighted by atomic mass is 10.2. The summed E-state index contributed by atoms with van der Waals surface area (Å²) in [6.45, 7) is 1.28. The summed E-state index contributed by atoms with van der Waals surface area (Å²) in [6, 6.07) is 0.283. The summed E-state index contributed by atoms with van der Waals surface area (Å²) in [6.07, 6.45) is -4.63. The molecular formula is C8H8F3N3O4S. The van der Waals surface area contributed by atoms with Crippen LogP contribution in [0.4, 0.5) is 24.7 Å². The molecule has 1 aromatic rings. The van der Waals surface area contributed by atoms with Crippen molar-refractivity contribution in [3.05, 3.63) is 27.9 Å². The van der Waals surface area contributed by atoms with Gasteiger partial charge in [0.15, 0.2) is 0 Å². The van der Waals surface area contributed by atoms with Gasteiger partial charge in [0.05, 0.1) is 10.7 Å². The second-order valence-corrected chi connectivity index (χ2v) is 5.36. The Morgan fingerprint density at radius 1 is 1.47 bits per heavy atom. The predicted molar refractivity (Wildman–Crippen MR) is 59.0 cm³/mol. The van der Waals surface area contributed by atoms with Gasteiger partial charge in [-0.25, -0.2) is 13.4 Å². The zero-order chi connectivity index (χ0) is 14.8. The fourth-order valence-electron chi connectivity index (χ4n) is 1.11. The molecule has 0 amide bonds. The van der Waals surface area contributed by atoms with E-state index in [4.69, 9.17) is 0 Å². The third-order valence-electron chi connectivity index (χ3n) is 2.03. The van der Waals surface area contributed by atoms with Crippen LogP contribution in [0.15, 0.2) is 12.3 Å². The molecule has 0 aromatic carbocycles. The van der Waals surface area contributed by atoms with Crippen molar-refractivity contribution >= 4 is 21.5 Å². The number of halogens is 3. The standard InChI is InChI=1S/C8H8F3N3O4S/c1-2-19(17,18)13-7-3-5(8(9,10)11)6(4-12-7)14(15)16/h3-4H,2H2,1H3,(H,12,13). The Hall–Kier alpha value is -1.91. The molecule has 0 unspecified atom stereocenters. The molecule has 19 heavy (non-hydrogen) atoms. The van der Waals surface area contributed by atoms with Crippen LogP contribution in [0, 0.1) is 10.1 Å². The van der Waals surface area contributed by atoms with Gasteiger partial charge in [0.2, 0.25) is 10.0 Å². The van der Waals surface area contributed by atoms with E-state index in [1.54, 1.807) is 4.72 Å². The van der Waals surface area contributed by atoms with E-state index in [0.717, 1.165) is 0 Å². The van der Waals surface area contributed by atoms with Crippen molar-refractivity contribution < 1.29 is 26.5 Å². The maximum Gasteiger partial charge on any atom is 0.423 e. The van der Waals surface area contributed by atoms with Crippen LogP contribution in [0.3, 0.4) is 0 Å². The molecule has 1 heterocycles. The van der Waals surface area contributed by atoms with Gasteiger partial charge < -0.3 is 0 Å². The molecule has 1 rings (SSSR count). The fourth-order valence-corrected chi connectivity index (χ4v) is 1.68. The number of anilines is 1. The number of hydrogen-bond acceptors (Lipinski definition) is 5. The molecule has 0 aliphatic rings. The van der Waals surface area contributed by atoms with Crippen molar-refractivity contribution in [3.63, 3.8) is 0 Å². The average Bonchev–Trinajstić information content (AvgIpc) is 2.27. The minimum absolute atomic E-state index is 0.283. The first-order valence-electron chi connectivity index (χ1n) is 4.79. The molecule has 11 heteroatoms. The number of nitrogens with one attached hydrogen (secondary N) is 1. The third-order valence-corrected chi connectivity index (χ3v) is 3.31. The van der Waals surface area contributed by atoms with Gasteiger partial charge in [0.25, 0.3) is 5.69 Å². The molecular weight excluding hydrogens is 291 g/mol. The summed E-state index contributed by atoms with van der Waals surface area (Å²) in [4.78, 5) is 12.5. The van der Waals surface area contributed by atoms with Crippen LogP contribution < -0.4 is 4.72 Å². The first-order valence-corrected chi connectivity index (χ1v) is 6.44. The lowest BCUT2D eigenvalue weighted by Gasteiger charge is -2.10. The topological polar surface area (TPSA) is 102 Å². The Balaban J connectivity index is 3.31. The van der Waals surface area contributed by atoms with E-state index < -0.39 is 38.2 Å². The van der Waals surface area contributed by atoms with E-state index in [1.165, 1.54) is 6.92 Å². The number of pyridine rings is 1. The highest BCUT2D eigenvalue weighted by Crippen LogP contribution is 2.36. The number of hydrogen-bond donors (Lipinski definition) is 1. The molecule has 0 fully saturated rings. The van der Waals surface area contributed by atoms with Gasteiger partial charge in [0, 0.05) is 6.07 Å². The second-order valence-electron chi connectivity index (χ2n) is 3.35. The Morgan fingerprint density at radius 3 is 2.47 bits per heavy atom. The lowest BCUT2D eigenvalue weighted by Crippen LogP contribution is -2.17. The summed E-state index contributed by atoms with van der Waals surface area (Å²) < 4.78 is 61.9. The molecule has 0 bridgehead atoms. The fraction of sp³-hybridized carbons (Fsp3) is 0.375. The van der Waals surface area contributed by atoms with E-state index in [9.17, 15) is 31.7 Å². The molecule has 0 saturated carbocycles. The van der Waals surface area contributed by atoms with Gasteiger partial charge in [0.1, 0.15) is 17.6 Å². The van der Waals surface area contributed by atoms with Crippen LogP contribution in [-0.4, -0.2) is 24.1 Å². The number of alkyl halides is 3. The monoisotopic (exact) mass is 299 g/mol. The molecule has 7 nitrogen and oxygen atoms in total. The Morgan fingerprint density at radius 2 is 2.05 bits per heavy atom. The first kappa shape index (κ1) is 15.1. The third kappa shape index (κ3) is 3.77. The van der Waals surface area contributed by atoms with Gasteiger partial charge >= 0.3 is 6.18 Å². The molecule has 106 valence electrons. The molecule has 1 N–H and O–H groups in total. The van der Waals surface area contributed by atoms with Crippen molar-refractivity contribution in [2.45, 2.75) is 13.1 Å². The van der Waals surface area contributed by atoms with Gasteiger partial charge in [-0.1, -0.05) is 0 Å². The number of aromatic nitrogens is 1. The van der Waals surface area contributed by atoms with Gasteiger partial charge in [-0.3, -0.25) is 14.8 Å². The van der Waals surface area contributed by atoms with E-state index in [0.29, 0.717) is 6.20 Å². The molecule has 0 atom stereocenters. The zero-order valence-electron chi connectivity index (χ0n) is 9.43. The summed E-state index contributed by atoms with van der Waals surface area (Å²) in [5.74, 6) is -0.993. The van der Waals surface area contributed by atoms with Crippen molar-refractivity contribution in [2.75, 3.05) is 10.5 Å². The van der Waals surface area contributed by atoms with Crippen molar-refractivity contribution in [1.82, 2.24) is 4.98 Å². The summed E-state index contributed by atoms with van der Waals surface area (Å²) >= 11 is 0. The molecule has 0 aliphatic carbocycles. The van der Waals surface area contributed by atoms with E-state index in [2.05, 4.69) is 4.98 Å². The van der Waals surface area contributed by atoms with E-state index >= 15 is 0 Å². The van der Waals surface area contributed by atoms with Crippen molar-refractivity contribution in [2.24, 2.45) is 0 Å². The smallest absolute Gasteiger partial charge is 0.267 e. The van der Waals surface area contributed by atoms with Crippen LogP contribution in [0.2, 0.25) is 0 Å². The zero-order valence-corrected chi connectivity index (χ0v) is 10.2. The highest BCUT2D eigenvalue weighted by Gasteiger charge is 2.39. The van der Waals surface area contributed by atoms with Crippen LogP contribution in [0.25, 0.3) is 0 Å². The maximum absolute atomic E-state index is 12.6. The van der Waals surface area contributed by atoms with E-state index in [-0.39, 0.29) is 11.8 Å². The van der Waals surface area contributed by atoms with Crippen molar-refractivity contribution in [3.8, 4) is 0 Å². The maximum atomic E-state index is 12.6. The number of rotatable bonds is 4. The number of sulfonamides is 1. The number of nitrogens with zero attached hydrogens (tertiary/aromatic N) is 2. The van der Waals surface area contributed by atoms with Crippen LogP contribution in [-0.2, 0) is 16.2 Å². The SMILES string of the molecule is CCS(=O)(=O)Nc1cc(C(F)(F)F)c([N+](=O)[O-])cn1. The van der Waals surface area contributed by atoms with Crippen LogP contribution in [0.1, 0.15) is 12.5 Å². The van der Waals surface area contributed by atoms with Gasteiger partial charge in [-0.15, -0.1) is 0 Å². The second kappa shape index (κ2) is 4.99. The number of nitro groups is 1.